The molecule has 2 N–H and O–H groups in total. The number of aromatic nitrogens is 2. The summed E-state index contributed by atoms with van der Waals surface area (Å²) in [5.41, 5.74) is 8.23. The van der Waals surface area contributed by atoms with Gasteiger partial charge in [0.2, 0.25) is 5.91 Å². The molecule has 30 heavy (non-hydrogen) atoms. The molecule has 0 aliphatic heterocycles. The van der Waals surface area contributed by atoms with Gasteiger partial charge in [-0.25, -0.2) is 4.98 Å². The molecule has 0 aliphatic carbocycles. The van der Waals surface area contributed by atoms with Crippen molar-refractivity contribution < 1.29 is 14.3 Å². The largest absolute Gasteiger partial charge is 0.483 e. The predicted molar refractivity (Wildman–Crippen MR) is 116 cm³/mol. The molecule has 2 heterocycles. The summed E-state index contributed by atoms with van der Waals surface area (Å²) < 4.78 is 5.66. The number of hydrogen-bond acceptors (Lipinski definition) is 6. The van der Waals surface area contributed by atoms with E-state index in [2.05, 4.69) is 34.7 Å². The molecule has 0 bridgehead atoms. The first-order valence-electron chi connectivity index (χ1n) is 9.59. The minimum atomic E-state index is -0.438. The molecular weight excluding hydrogens is 400 g/mol. The van der Waals surface area contributed by atoms with E-state index >= 15 is 0 Å². The Bertz CT molecular complexity index is 1020. The van der Waals surface area contributed by atoms with Gasteiger partial charge in [0.05, 0.1) is 17.8 Å². The summed E-state index contributed by atoms with van der Waals surface area (Å²) in [6.45, 7) is 5.91. The molecule has 3 rings (SSSR count). The fourth-order valence-electron chi connectivity index (χ4n) is 2.77. The monoisotopic (exact) mass is 424 g/mol. The maximum Gasteiger partial charge on any atom is 0.276 e. The summed E-state index contributed by atoms with van der Waals surface area (Å²) in [4.78, 5) is 32.8. The van der Waals surface area contributed by atoms with Crippen molar-refractivity contribution in [2.75, 3.05) is 6.61 Å². The molecule has 7 nitrogen and oxygen atoms in total. The van der Waals surface area contributed by atoms with Crippen LogP contribution in [0.3, 0.4) is 0 Å². The number of benzene rings is 1. The van der Waals surface area contributed by atoms with E-state index in [0.29, 0.717) is 11.4 Å². The highest BCUT2D eigenvalue weighted by molar-refractivity contribution is 7.13. The Labute approximate surface area is 179 Å². The lowest BCUT2D eigenvalue weighted by molar-refractivity contribution is -0.129. The third-order valence-corrected chi connectivity index (χ3v) is 5.18. The fraction of sp³-hybridized carbons (Fsp3) is 0.273. The van der Waals surface area contributed by atoms with Crippen LogP contribution in [0, 0.1) is 6.92 Å². The van der Waals surface area contributed by atoms with E-state index in [9.17, 15) is 9.59 Å². The number of thiazole rings is 1. The van der Waals surface area contributed by atoms with E-state index in [1.165, 1.54) is 11.3 Å². The minimum Gasteiger partial charge on any atom is -0.483 e. The van der Waals surface area contributed by atoms with Crippen molar-refractivity contribution in [3.8, 4) is 16.5 Å². The molecule has 1 aromatic carbocycles. The van der Waals surface area contributed by atoms with Gasteiger partial charge in [-0.05, 0) is 42.2 Å². The molecule has 0 aliphatic rings. The lowest BCUT2D eigenvalue weighted by atomic mass is 10.0. The third-order valence-electron chi connectivity index (χ3n) is 4.27. The van der Waals surface area contributed by atoms with E-state index in [1.54, 1.807) is 11.6 Å². The molecule has 8 heteroatoms. The molecule has 0 fully saturated rings. The number of carbonyl (C=O) groups is 2. The molecule has 156 valence electrons. The molecule has 0 unspecified atom stereocenters. The number of carbonyl (C=O) groups excluding carboxylic acids is 2. The van der Waals surface area contributed by atoms with Gasteiger partial charge in [0, 0.05) is 11.6 Å². The first-order valence-corrected chi connectivity index (χ1v) is 10.5. The number of aryl methyl sites for hydroxylation is 1. The highest BCUT2D eigenvalue weighted by Gasteiger charge is 2.12. The zero-order valence-corrected chi connectivity index (χ0v) is 18.0. The highest BCUT2D eigenvalue weighted by Crippen LogP contribution is 2.27. The molecule has 0 atom stereocenters. The van der Waals surface area contributed by atoms with Crippen LogP contribution in [0.15, 0.2) is 48.0 Å². The van der Waals surface area contributed by atoms with E-state index in [4.69, 9.17) is 4.74 Å². The second-order valence-electron chi connectivity index (χ2n) is 7.12. The number of pyridine rings is 1. The van der Waals surface area contributed by atoms with Crippen LogP contribution in [0.4, 0.5) is 0 Å². The Morgan fingerprint density at radius 3 is 2.67 bits per heavy atom. The van der Waals surface area contributed by atoms with Crippen LogP contribution < -0.4 is 15.6 Å². The topological polar surface area (TPSA) is 93.2 Å². The van der Waals surface area contributed by atoms with Crippen LogP contribution in [0.1, 0.15) is 36.6 Å². The minimum absolute atomic E-state index is 0.0554. The highest BCUT2D eigenvalue weighted by atomic mass is 32.1. The van der Waals surface area contributed by atoms with Gasteiger partial charge in [-0.2, -0.15) is 0 Å². The van der Waals surface area contributed by atoms with E-state index in [1.807, 2.05) is 43.3 Å². The number of nitrogens with zero attached hydrogens (tertiary/aromatic N) is 2. The summed E-state index contributed by atoms with van der Waals surface area (Å²) in [7, 11) is 0. The molecule has 0 saturated carbocycles. The number of rotatable bonds is 7. The second kappa shape index (κ2) is 9.98. The van der Waals surface area contributed by atoms with Crippen molar-refractivity contribution in [3.63, 3.8) is 0 Å². The lowest BCUT2D eigenvalue weighted by Crippen LogP contribution is -2.44. The third kappa shape index (κ3) is 5.87. The van der Waals surface area contributed by atoms with Gasteiger partial charge in [-0.1, -0.05) is 32.0 Å². The van der Waals surface area contributed by atoms with Crippen LogP contribution in [0.5, 0.6) is 5.75 Å². The maximum absolute atomic E-state index is 12.1. The van der Waals surface area contributed by atoms with Crippen molar-refractivity contribution >= 4 is 23.2 Å². The summed E-state index contributed by atoms with van der Waals surface area (Å²) >= 11 is 1.42. The van der Waals surface area contributed by atoms with Gasteiger partial charge in [0.15, 0.2) is 6.61 Å². The summed E-state index contributed by atoms with van der Waals surface area (Å²) in [6.07, 6.45) is 1.75. The Morgan fingerprint density at radius 1 is 1.13 bits per heavy atom. The Balaban J connectivity index is 1.47. The molecule has 0 spiro atoms. The Morgan fingerprint density at radius 2 is 1.93 bits per heavy atom. The second-order valence-corrected chi connectivity index (χ2v) is 7.97. The van der Waals surface area contributed by atoms with Crippen molar-refractivity contribution in [1.29, 1.82) is 0 Å². The van der Waals surface area contributed by atoms with Gasteiger partial charge in [0.1, 0.15) is 10.8 Å². The number of ether oxygens (including phenoxy) is 1. The lowest BCUT2D eigenvalue weighted by Gasteiger charge is -2.15. The van der Waals surface area contributed by atoms with E-state index in [0.717, 1.165) is 21.8 Å². The van der Waals surface area contributed by atoms with Gasteiger partial charge in [-0.15, -0.1) is 11.3 Å². The molecule has 2 aromatic heterocycles. The Kier molecular flexibility index (Phi) is 7.13. The van der Waals surface area contributed by atoms with Crippen molar-refractivity contribution in [3.05, 3.63) is 64.8 Å². The van der Waals surface area contributed by atoms with Crippen LogP contribution >= 0.6 is 11.3 Å². The van der Waals surface area contributed by atoms with Gasteiger partial charge in [0.25, 0.3) is 5.91 Å². The standard InChI is InChI=1S/C22H24N4O3S/c1-14(2)17-8-7-15(3)10-19(17)29-12-21(28)26-25-20(27)11-16-13-30-22(24-16)18-6-4-5-9-23-18/h4-10,13-14H,11-12H2,1-3H3,(H,25,27)(H,26,28). The van der Waals surface area contributed by atoms with Crippen molar-refractivity contribution in [2.24, 2.45) is 0 Å². The molecule has 2 amide bonds. The van der Waals surface area contributed by atoms with E-state index < -0.39 is 5.91 Å². The van der Waals surface area contributed by atoms with Crippen molar-refractivity contribution in [1.82, 2.24) is 20.8 Å². The van der Waals surface area contributed by atoms with E-state index in [-0.39, 0.29) is 24.9 Å². The summed E-state index contributed by atoms with van der Waals surface area (Å²) in [5.74, 6) is 0.153. The maximum atomic E-state index is 12.1. The number of nitrogens with one attached hydrogen (secondary N) is 2. The van der Waals surface area contributed by atoms with Gasteiger partial charge >= 0.3 is 0 Å². The molecule has 0 saturated heterocycles. The first-order chi connectivity index (χ1) is 14.4. The smallest absolute Gasteiger partial charge is 0.276 e. The molecule has 0 radical (unpaired) electrons. The molecule has 3 aromatic rings. The molecular formula is C22H24N4O3S. The van der Waals surface area contributed by atoms with Crippen LogP contribution in [0.25, 0.3) is 10.7 Å². The number of hydrazine groups is 1. The first kappa shape index (κ1) is 21.4. The van der Waals surface area contributed by atoms with Crippen LogP contribution in [-0.4, -0.2) is 28.4 Å². The summed E-state index contributed by atoms with van der Waals surface area (Å²) in [5, 5.41) is 2.55. The fourth-order valence-corrected chi connectivity index (χ4v) is 3.56. The quantitative estimate of drug-likeness (QED) is 0.567. The average molecular weight is 425 g/mol. The van der Waals surface area contributed by atoms with Crippen molar-refractivity contribution in [2.45, 2.75) is 33.1 Å². The van der Waals surface area contributed by atoms with Crippen LogP contribution in [-0.2, 0) is 16.0 Å². The average Bonchev–Trinajstić information content (AvgIpc) is 3.19. The zero-order valence-electron chi connectivity index (χ0n) is 17.1. The van der Waals surface area contributed by atoms with Gasteiger partial charge in [-0.3, -0.25) is 25.4 Å². The SMILES string of the molecule is Cc1ccc(C(C)C)c(OCC(=O)NNC(=O)Cc2csc(-c3ccccn3)n2)c1. The number of hydrogen-bond donors (Lipinski definition) is 2. The summed E-state index contributed by atoms with van der Waals surface area (Å²) in [6, 6.07) is 11.5. The Hall–Kier alpha value is -3.26. The zero-order chi connectivity index (χ0) is 21.5. The number of amides is 2. The van der Waals surface area contributed by atoms with Gasteiger partial charge < -0.3 is 4.74 Å². The normalized spacial score (nSPS) is 10.7. The van der Waals surface area contributed by atoms with Crippen LogP contribution in [0.2, 0.25) is 0 Å². The predicted octanol–water partition coefficient (Wildman–Crippen LogP) is 3.41.